The molecule has 1 unspecified atom stereocenters. The normalized spacial score (nSPS) is 22.2. The minimum absolute atomic E-state index is 0.0512. The summed E-state index contributed by atoms with van der Waals surface area (Å²) < 4.78 is 6.87. The van der Waals surface area contributed by atoms with E-state index in [0.29, 0.717) is 12.4 Å². The van der Waals surface area contributed by atoms with Crippen LogP contribution in [0, 0.1) is 0 Å². The molecule has 0 N–H and O–H groups in total. The number of aryl methyl sites for hydroxylation is 1. The average Bonchev–Trinajstić information content (AvgIpc) is 2.65. The molecule has 5 heteroatoms. The van der Waals surface area contributed by atoms with Crippen LogP contribution in [-0.2, 0) is 11.8 Å². The topological polar surface area (TPSA) is 57.0 Å². The van der Waals surface area contributed by atoms with Gasteiger partial charge in [0.05, 0.1) is 0 Å². The van der Waals surface area contributed by atoms with Crippen LogP contribution in [0.25, 0.3) is 0 Å². The molecule has 2 heterocycles. The van der Waals surface area contributed by atoms with Gasteiger partial charge in [-0.3, -0.25) is 4.79 Å². The van der Waals surface area contributed by atoms with Gasteiger partial charge in [-0.25, -0.2) is 9.67 Å². The van der Waals surface area contributed by atoms with Gasteiger partial charge < -0.3 is 4.74 Å². The molecule has 1 aliphatic rings. The Kier molecular flexibility index (Phi) is 2.58. The average molecular weight is 195 g/mol. The highest BCUT2D eigenvalue weighted by Crippen LogP contribution is 2.15. The highest BCUT2D eigenvalue weighted by atomic mass is 16.5. The van der Waals surface area contributed by atoms with E-state index in [1.165, 1.54) is 11.0 Å². The molecule has 14 heavy (non-hydrogen) atoms. The lowest BCUT2D eigenvalue weighted by molar-refractivity contribution is 0.0176. The Labute approximate surface area is 82.1 Å². The lowest BCUT2D eigenvalue weighted by Gasteiger charge is -2.20. The van der Waals surface area contributed by atoms with Gasteiger partial charge in [-0.15, -0.1) is 0 Å². The van der Waals surface area contributed by atoms with Crippen molar-refractivity contribution in [2.24, 2.45) is 7.05 Å². The Hall–Kier alpha value is -1.23. The van der Waals surface area contributed by atoms with Crippen molar-refractivity contribution < 1.29 is 9.53 Å². The summed E-state index contributed by atoms with van der Waals surface area (Å²) >= 11 is 0. The first-order valence-electron chi connectivity index (χ1n) is 4.79. The molecule has 1 aliphatic heterocycles. The molecule has 0 amide bonds. The Bertz CT molecular complexity index is 329. The smallest absolute Gasteiger partial charge is 0.228 e. The second-order valence-corrected chi connectivity index (χ2v) is 3.43. The molecule has 0 spiro atoms. The van der Waals surface area contributed by atoms with E-state index in [0.717, 1.165) is 19.3 Å². The van der Waals surface area contributed by atoms with Crippen LogP contribution in [0.5, 0.6) is 0 Å². The van der Waals surface area contributed by atoms with Gasteiger partial charge in [0, 0.05) is 13.7 Å². The number of ether oxygens (including phenoxy) is 1. The zero-order valence-electron chi connectivity index (χ0n) is 8.14. The van der Waals surface area contributed by atoms with Crippen LogP contribution in [0.3, 0.4) is 0 Å². The van der Waals surface area contributed by atoms with E-state index in [9.17, 15) is 4.79 Å². The van der Waals surface area contributed by atoms with E-state index in [1.54, 1.807) is 7.05 Å². The summed E-state index contributed by atoms with van der Waals surface area (Å²) in [7, 11) is 1.71. The van der Waals surface area contributed by atoms with Crippen molar-refractivity contribution in [3.63, 3.8) is 0 Å². The molecular weight excluding hydrogens is 182 g/mol. The molecule has 0 saturated carbocycles. The number of Topliss-reactive ketones (excluding diaryl/α,β-unsaturated/α-hetero) is 1. The number of rotatable bonds is 2. The molecule has 1 atom stereocenters. The van der Waals surface area contributed by atoms with E-state index in [-0.39, 0.29) is 11.9 Å². The molecule has 2 rings (SSSR count). The van der Waals surface area contributed by atoms with Gasteiger partial charge in [0.15, 0.2) is 5.82 Å². The highest BCUT2D eigenvalue weighted by molar-refractivity contribution is 5.96. The Balaban J connectivity index is 2.11. The predicted octanol–water partition coefficient (Wildman–Crippen LogP) is 0.567. The van der Waals surface area contributed by atoms with E-state index in [1.807, 2.05) is 0 Å². The summed E-state index contributed by atoms with van der Waals surface area (Å²) in [6, 6.07) is 0. The summed E-state index contributed by atoms with van der Waals surface area (Å²) in [4.78, 5) is 15.7. The van der Waals surface area contributed by atoms with Gasteiger partial charge in [-0.2, -0.15) is 5.10 Å². The highest BCUT2D eigenvalue weighted by Gasteiger charge is 2.26. The monoisotopic (exact) mass is 195 g/mol. The lowest BCUT2D eigenvalue weighted by atomic mass is 10.1. The van der Waals surface area contributed by atoms with E-state index in [4.69, 9.17) is 4.74 Å². The first-order valence-corrected chi connectivity index (χ1v) is 4.79. The second kappa shape index (κ2) is 3.88. The molecule has 5 nitrogen and oxygen atoms in total. The molecule has 76 valence electrons. The first kappa shape index (κ1) is 9.33. The summed E-state index contributed by atoms with van der Waals surface area (Å²) in [5, 5.41) is 3.86. The fraction of sp³-hybridized carbons (Fsp3) is 0.667. The predicted molar refractivity (Wildman–Crippen MR) is 48.9 cm³/mol. The van der Waals surface area contributed by atoms with Crippen molar-refractivity contribution in [2.75, 3.05) is 6.61 Å². The summed E-state index contributed by atoms with van der Waals surface area (Å²) in [5.41, 5.74) is 0. The third-order valence-corrected chi connectivity index (χ3v) is 2.40. The number of carbonyl (C=O) groups excluding carboxylic acids is 1. The fourth-order valence-corrected chi connectivity index (χ4v) is 1.61. The molecule has 1 aromatic rings. The van der Waals surface area contributed by atoms with Crippen LogP contribution in [-0.4, -0.2) is 33.3 Å². The largest absolute Gasteiger partial charge is 0.370 e. The zero-order chi connectivity index (χ0) is 9.97. The molecule has 1 fully saturated rings. The number of ketones is 1. The molecule has 1 aromatic heterocycles. The van der Waals surface area contributed by atoms with Gasteiger partial charge in [-0.1, -0.05) is 0 Å². The molecule has 0 aromatic carbocycles. The van der Waals surface area contributed by atoms with Crippen LogP contribution >= 0.6 is 0 Å². The van der Waals surface area contributed by atoms with Crippen LogP contribution in [0.2, 0.25) is 0 Å². The molecule has 0 aliphatic carbocycles. The standard InChI is InChI=1S/C9H13N3O2/c1-12-9(10-6-11-12)8(13)7-4-2-3-5-14-7/h6-7H,2-5H2,1H3. The molecule has 0 bridgehead atoms. The minimum Gasteiger partial charge on any atom is -0.370 e. The molecular formula is C9H13N3O2. The van der Waals surface area contributed by atoms with Crippen molar-refractivity contribution >= 4 is 5.78 Å². The van der Waals surface area contributed by atoms with Crippen molar-refractivity contribution in [3.05, 3.63) is 12.2 Å². The van der Waals surface area contributed by atoms with Crippen LogP contribution < -0.4 is 0 Å². The number of aromatic nitrogens is 3. The van der Waals surface area contributed by atoms with Crippen LogP contribution in [0.4, 0.5) is 0 Å². The maximum absolute atomic E-state index is 11.8. The lowest BCUT2D eigenvalue weighted by Crippen LogP contribution is -2.30. The summed E-state index contributed by atoms with van der Waals surface area (Å²) in [6.45, 7) is 0.675. The third-order valence-electron chi connectivity index (χ3n) is 2.40. The van der Waals surface area contributed by atoms with Crippen molar-refractivity contribution in [3.8, 4) is 0 Å². The van der Waals surface area contributed by atoms with Gasteiger partial charge >= 0.3 is 0 Å². The minimum atomic E-state index is -0.313. The Morgan fingerprint density at radius 2 is 2.50 bits per heavy atom. The molecule has 0 radical (unpaired) electrons. The van der Waals surface area contributed by atoms with Crippen LogP contribution in [0.15, 0.2) is 6.33 Å². The summed E-state index contributed by atoms with van der Waals surface area (Å²) in [6.07, 6.45) is 3.96. The number of hydrogen-bond acceptors (Lipinski definition) is 4. The van der Waals surface area contributed by atoms with Gasteiger partial charge in [0.25, 0.3) is 0 Å². The fourth-order valence-electron chi connectivity index (χ4n) is 1.61. The van der Waals surface area contributed by atoms with Crippen molar-refractivity contribution in [1.29, 1.82) is 0 Å². The number of carbonyl (C=O) groups is 1. The second-order valence-electron chi connectivity index (χ2n) is 3.43. The quantitative estimate of drug-likeness (QED) is 0.647. The van der Waals surface area contributed by atoms with Gasteiger partial charge in [0.1, 0.15) is 12.4 Å². The van der Waals surface area contributed by atoms with E-state index >= 15 is 0 Å². The summed E-state index contributed by atoms with van der Waals surface area (Å²) in [5.74, 6) is 0.335. The van der Waals surface area contributed by atoms with Gasteiger partial charge in [-0.05, 0) is 19.3 Å². The SMILES string of the molecule is Cn1ncnc1C(=O)C1CCCCO1. The molecule has 1 saturated heterocycles. The zero-order valence-corrected chi connectivity index (χ0v) is 8.14. The first-order chi connectivity index (χ1) is 6.79. The van der Waals surface area contributed by atoms with E-state index < -0.39 is 0 Å². The Morgan fingerprint density at radius 3 is 3.07 bits per heavy atom. The number of nitrogens with zero attached hydrogens (tertiary/aromatic N) is 3. The van der Waals surface area contributed by atoms with Crippen molar-refractivity contribution in [1.82, 2.24) is 14.8 Å². The maximum atomic E-state index is 11.8. The van der Waals surface area contributed by atoms with Crippen molar-refractivity contribution in [2.45, 2.75) is 25.4 Å². The maximum Gasteiger partial charge on any atom is 0.228 e. The van der Waals surface area contributed by atoms with E-state index in [2.05, 4.69) is 10.1 Å². The third kappa shape index (κ3) is 1.68. The van der Waals surface area contributed by atoms with Crippen LogP contribution in [0.1, 0.15) is 29.9 Å². The number of hydrogen-bond donors (Lipinski definition) is 0. The Morgan fingerprint density at radius 1 is 1.64 bits per heavy atom. The van der Waals surface area contributed by atoms with Gasteiger partial charge in [0.2, 0.25) is 5.78 Å².